The first kappa shape index (κ1) is 22.7. The maximum absolute atomic E-state index is 13.0. The molecule has 2 aromatic rings. The zero-order valence-electron chi connectivity index (χ0n) is 18.3. The number of carbonyl (C=O) groups excluding carboxylic acids is 1. The van der Waals surface area contributed by atoms with E-state index in [1.807, 2.05) is 43.1 Å². The quantitative estimate of drug-likeness (QED) is 0.553. The molecule has 0 aliphatic carbocycles. The van der Waals surface area contributed by atoms with Gasteiger partial charge in [0.2, 0.25) is 0 Å². The fraction of sp³-hybridized carbons (Fsp3) is 0.571. The van der Waals surface area contributed by atoms with E-state index in [0.717, 1.165) is 21.5 Å². The third-order valence-electron chi connectivity index (χ3n) is 5.26. The molecular weight excluding hydrogens is 406 g/mol. The summed E-state index contributed by atoms with van der Waals surface area (Å²) in [6, 6.07) is 7.34. The molecule has 166 valence electrons. The highest BCUT2D eigenvalue weighted by atomic mass is 32.2. The normalized spacial score (nSPS) is 16.2. The number of aromatic nitrogens is 1. The third-order valence-corrected chi connectivity index (χ3v) is 6.46. The number of nitrogens with zero attached hydrogens (tertiary/aromatic N) is 3. The molecule has 0 radical (unpaired) electrons. The van der Waals surface area contributed by atoms with Gasteiger partial charge in [0.15, 0.2) is 0 Å². The molecule has 2 heterocycles. The van der Waals surface area contributed by atoms with Crippen molar-refractivity contribution in [1.82, 2.24) is 13.8 Å². The first-order valence-corrected chi connectivity index (χ1v) is 11.4. The van der Waals surface area contributed by atoms with E-state index in [-0.39, 0.29) is 12.7 Å². The Bertz CT molecular complexity index is 1010. The highest BCUT2D eigenvalue weighted by Crippen LogP contribution is 2.26. The predicted octanol–water partition coefficient (Wildman–Crippen LogP) is 1.74. The van der Waals surface area contributed by atoms with Crippen molar-refractivity contribution in [2.45, 2.75) is 26.4 Å². The third kappa shape index (κ3) is 5.03. The van der Waals surface area contributed by atoms with Gasteiger partial charge in [0.1, 0.15) is 6.10 Å². The van der Waals surface area contributed by atoms with Crippen molar-refractivity contribution in [3.8, 4) is 0 Å². The lowest BCUT2D eigenvalue weighted by molar-refractivity contribution is -0.168. The van der Waals surface area contributed by atoms with E-state index in [0.29, 0.717) is 25.0 Å². The standard InChI is InChI=1S/C21H31N3O5S/c1-21(2,20(25)29-17-13-23(5)14-17)15-28-30(26,27)24-12-16(10-11-22(3)4)18-8-6-7-9-19(18)24/h6-9,12,17H,10-11,13-15H2,1-5H3. The molecule has 30 heavy (non-hydrogen) atoms. The molecule has 1 aliphatic heterocycles. The number of para-hydroxylation sites is 1. The lowest BCUT2D eigenvalue weighted by atomic mass is 9.95. The SMILES string of the molecule is CN(C)CCc1cn(S(=O)(=O)OCC(C)(C)C(=O)OC2CN(C)C2)c2ccccc12. The summed E-state index contributed by atoms with van der Waals surface area (Å²) >= 11 is 0. The number of benzene rings is 1. The Balaban J connectivity index is 1.75. The summed E-state index contributed by atoms with van der Waals surface area (Å²) in [6.45, 7) is 5.13. The van der Waals surface area contributed by atoms with E-state index in [1.54, 1.807) is 32.2 Å². The second kappa shape index (κ2) is 8.66. The average Bonchev–Trinajstić information content (AvgIpc) is 3.03. The second-order valence-electron chi connectivity index (χ2n) is 8.87. The van der Waals surface area contributed by atoms with Crippen molar-refractivity contribution < 1.29 is 22.1 Å². The van der Waals surface area contributed by atoms with E-state index >= 15 is 0 Å². The number of esters is 1. The number of likely N-dealkylation sites (tertiary alicyclic amines) is 1. The van der Waals surface area contributed by atoms with Gasteiger partial charge in [-0.05, 0) is 53.0 Å². The van der Waals surface area contributed by atoms with Crippen LogP contribution in [0.15, 0.2) is 30.5 Å². The number of ether oxygens (including phenoxy) is 1. The Morgan fingerprint density at radius 3 is 2.53 bits per heavy atom. The molecule has 1 saturated heterocycles. The molecule has 0 bridgehead atoms. The van der Waals surface area contributed by atoms with E-state index in [1.165, 1.54) is 0 Å². The van der Waals surface area contributed by atoms with Gasteiger partial charge in [-0.15, -0.1) is 0 Å². The van der Waals surface area contributed by atoms with Crippen molar-refractivity contribution >= 4 is 27.2 Å². The molecule has 3 rings (SSSR count). The van der Waals surface area contributed by atoms with Crippen LogP contribution in [-0.4, -0.2) is 81.6 Å². The van der Waals surface area contributed by atoms with Crippen LogP contribution in [0.2, 0.25) is 0 Å². The maximum Gasteiger partial charge on any atom is 0.366 e. The summed E-state index contributed by atoms with van der Waals surface area (Å²) in [5.41, 5.74) is 0.404. The minimum Gasteiger partial charge on any atom is -0.459 e. The summed E-state index contributed by atoms with van der Waals surface area (Å²) in [4.78, 5) is 16.6. The van der Waals surface area contributed by atoms with Gasteiger partial charge in [0.05, 0.1) is 17.5 Å². The monoisotopic (exact) mass is 437 g/mol. The van der Waals surface area contributed by atoms with E-state index in [9.17, 15) is 13.2 Å². The van der Waals surface area contributed by atoms with Crippen LogP contribution in [-0.2, 0) is 30.4 Å². The summed E-state index contributed by atoms with van der Waals surface area (Å²) in [5, 5.41) is 0.874. The fourth-order valence-corrected chi connectivity index (χ4v) is 4.52. The smallest absolute Gasteiger partial charge is 0.366 e. The number of hydrogen-bond acceptors (Lipinski definition) is 7. The Hall–Kier alpha value is -1.94. The largest absolute Gasteiger partial charge is 0.459 e. The highest BCUT2D eigenvalue weighted by molar-refractivity contribution is 7.85. The summed E-state index contributed by atoms with van der Waals surface area (Å²) in [5.74, 6) is -0.458. The van der Waals surface area contributed by atoms with Crippen LogP contribution in [0.4, 0.5) is 0 Å². The van der Waals surface area contributed by atoms with Crippen LogP contribution in [0.1, 0.15) is 19.4 Å². The van der Waals surface area contributed by atoms with Crippen LogP contribution in [0, 0.1) is 5.41 Å². The van der Waals surface area contributed by atoms with Gasteiger partial charge < -0.3 is 9.64 Å². The first-order chi connectivity index (χ1) is 14.0. The molecule has 1 fully saturated rings. The molecular formula is C21H31N3O5S. The Morgan fingerprint density at radius 1 is 1.23 bits per heavy atom. The van der Waals surface area contributed by atoms with Gasteiger partial charge in [-0.2, -0.15) is 8.42 Å². The molecule has 1 aromatic heterocycles. The molecule has 0 atom stereocenters. The highest BCUT2D eigenvalue weighted by Gasteiger charge is 2.36. The Morgan fingerprint density at radius 2 is 1.90 bits per heavy atom. The van der Waals surface area contributed by atoms with Gasteiger partial charge in [-0.3, -0.25) is 13.9 Å². The molecule has 1 aromatic carbocycles. The number of carbonyl (C=O) groups is 1. The van der Waals surface area contributed by atoms with Gasteiger partial charge in [0, 0.05) is 31.2 Å². The van der Waals surface area contributed by atoms with Gasteiger partial charge >= 0.3 is 16.3 Å². The molecule has 0 spiro atoms. The number of likely N-dealkylation sites (N-methyl/N-ethyl adjacent to an activating group) is 2. The van der Waals surface area contributed by atoms with Crippen LogP contribution in [0.3, 0.4) is 0 Å². The van der Waals surface area contributed by atoms with Gasteiger partial charge in [-0.25, -0.2) is 3.97 Å². The molecule has 9 heteroatoms. The van der Waals surface area contributed by atoms with Crippen molar-refractivity contribution in [3.05, 3.63) is 36.0 Å². The average molecular weight is 438 g/mol. The topological polar surface area (TPSA) is 81.1 Å². The number of hydrogen-bond donors (Lipinski definition) is 0. The van der Waals surface area contributed by atoms with E-state index < -0.39 is 21.7 Å². The van der Waals surface area contributed by atoms with Crippen LogP contribution >= 0.6 is 0 Å². The maximum atomic E-state index is 13.0. The van der Waals surface area contributed by atoms with Crippen molar-refractivity contribution in [1.29, 1.82) is 0 Å². The predicted molar refractivity (Wildman–Crippen MR) is 116 cm³/mol. The van der Waals surface area contributed by atoms with Crippen LogP contribution in [0.5, 0.6) is 0 Å². The lowest BCUT2D eigenvalue weighted by Crippen LogP contribution is -2.52. The minimum atomic E-state index is -4.11. The van der Waals surface area contributed by atoms with Crippen molar-refractivity contribution in [2.75, 3.05) is 47.4 Å². The second-order valence-corrected chi connectivity index (χ2v) is 10.4. The Labute approximate surface area is 178 Å². The van der Waals surface area contributed by atoms with E-state index in [4.69, 9.17) is 8.92 Å². The van der Waals surface area contributed by atoms with Gasteiger partial charge in [0.25, 0.3) is 0 Å². The fourth-order valence-electron chi connectivity index (χ4n) is 3.31. The molecule has 8 nitrogen and oxygen atoms in total. The summed E-state index contributed by atoms with van der Waals surface area (Å²) in [6.07, 6.45) is 2.17. The number of fused-ring (bicyclic) bond motifs is 1. The van der Waals surface area contributed by atoms with Crippen molar-refractivity contribution in [2.24, 2.45) is 5.41 Å². The lowest BCUT2D eigenvalue weighted by Gasteiger charge is -2.37. The van der Waals surface area contributed by atoms with Crippen LogP contribution in [0.25, 0.3) is 10.9 Å². The Kier molecular flexibility index (Phi) is 6.57. The molecule has 0 unspecified atom stereocenters. The van der Waals surface area contributed by atoms with Crippen LogP contribution < -0.4 is 0 Å². The summed E-state index contributed by atoms with van der Waals surface area (Å²) < 4.78 is 37.9. The zero-order chi connectivity index (χ0) is 22.1. The molecule has 0 saturated carbocycles. The number of rotatable bonds is 9. The molecule has 1 aliphatic rings. The summed E-state index contributed by atoms with van der Waals surface area (Å²) in [7, 11) is 1.78. The van der Waals surface area contributed by atoms with Crippen molar-refractivity contribution in [3.63, 3.8) is 0 Å². The zero-order valence-corrected chi connectivity index (χ0v) is 19.1. The minimum absolute atomic E-state index is 0.147. The van der Waals surface area contributed by atoms with Gasteiger partial charge in [-0.1, -0.05) is 18.2 Å². The molecule has 0 N–H and O–H groups in total. The molecule has 0 amide bonds. The first-order valence-electron chi connectivity index (χ1n) is 10.0. The van der Waals surface area contributed by atoms with E-state index in [2.05, 4.69) is 0 Å².